The molecular formula is C15H22N4O2. The molecule has 0 saturated heterocycles. The van der Waals surface area contributed by atoms with Crippen molar-refractivity contribution in [3.8, 4) is 0 Å². The zero-order valence-electron chi connectivity index (χ0n) is 13.4. The summed E-state index contributed by atoms with van der Waals surface area (Å²) in [6.45, 7) is 9.58. The standard InChI is InChI=1S/C15H22N4O2/c1-14(2,3)11-9-10-12(16-7-8-19(10)17-11)18(6)15(4,5)13(20)21/h7-9H,1-6H3,(H,20,21). The lowest BCUT2D eigenvalue weighted by Gasteiger charge is -2.32. The number of rotatable bonds is 3. The molecule has 0 unspecified atom stereocenters. The molecule has 0 atom stereocenters. The van der Waals surface area contributed by atoms with Crippen molar-refractivity contribution in [1.82, 2.24) is 14.6 Å². The number of carbonyl (C=O) groups is 1. The number of nitrogens with zero attached hydrogens (tertiary/aromatic N) is 4. The topological polar surface area (TPSA) is 70.7 Å². The highest BCUT2D eigenvalue weighted by Crippen LogP contribution is 2.28. The molecule has 0 aliphatic carbocycles. The largest absolute Gasteiger partial charge is 0.480 e. The second kappa shape index (κ2) is 4.72. The molecule has 0 fully saturated rings. The first-order valence-electron chi connectivity index (χ1n) is 6.87. The van der Waals surface area contributed by atoms with Crippen molar-refractivity contribution in [2.75, 3.05) is 11.9 Å². The summed E-state index contributed by atoms with van der Waals surface area (Å²) in [6.07, 6.45) is 3.41. The van der Waals surface area contributed by atoms with Gasteiger partial charge >= 0.3 is 5.97 Å². The first-order chi connectivity index (χ1) is 9.55. The fourth-order valence-electron chi connectivity index (χ4n) is 1.94. The number of hydrogen-bond donors (Lipinski definition) is 1. The van der Waals surface area contributed by atoms with Crippen LogP contribution in [0.2, 0.25) is 0 Å². The van der Waals surface area contributed by atoms with Gasteiger partial charge in [0.15, 0.2) is 5.82 Å². The summed E-state index contributed by atoms with van der Waals surface area (Å²) in [5, 5.41) is 13.9. The Hall–Kier alpha value is -2.11. The van der Waals surface area contributed by atoms with Gasteiger partial charge in [0.05, 0.1) is 5.69 Å². The lowest BCUT2D eigenvalue weighted by atomic mass is 9.92. The summed E-state index contributed by atoms with van der Waals surface area (Å²) in [5.74, 6) is -0.294. The Morgan fingerprint density at radius 1 is 1.29 bits per heavy atom. The van der Waals surface area contributed by atoms with Gasteiger partial charge in [0, 0.05) is 24.9 Å². The highest BCUT2D eigenvalue weighted by molar-refractivity contribution is 5.84. The Labute approximate surface area is 124 Å². The molecule has 2 aromatic rings. The monoisotopic (exact) mass is 290 g/mol. The predicted octanol–water partition coefficient (Wildman–Crippen LogP) is 2.33. The van der Waals surface area contributed by atoms with Gasteiger partial charge in [-0.25, -0.2) is 14.3 Å². The zero-order chi connectivity index (χ0) is 16.0. The lowest BCUT2D eigenvalue weighted by molar-refractivity contribution is -0.142. The summed E-state index contributed by atoms with van der Waals surface area (Å²) in [5.41, 5.74) is 0.614. The molecule has 0 aliphatic heterocycles. The Balaban J connectivity index is 2.60. The molecule has 0 spiro atoms. The number of aliphatic carboxylic acids is 1. The van der Waals surface area contributed by atoms with E-state index in [1.54, 1.807) is 42.7 Å². The maximum atomic E-state index is 11.4. The quantitative estimate of drug-likeness (QED) is 0.939. The minimum Gasteiger partial charge on any atom is -0.480 e. The van der Waals surface area contributed by atoms with Crippen LogP contribution in [0.4, 0.5) is 5.82 Å². The number of hydrogen-bond acceptors (Lipinski definition) is 4. The molecule has 6 nitrogen and oxygen atoms in total. The van der Waals surface area contributed by atoms with E-state index in [9.17, 15) is 9.90 Å². The highest BCUT2D eigenvalue weighted by atomic mass is 16.4. The number of fused-ring (bicyclic) bond motifs is 1. The van der Waals surface area contributed by atoms with Crippen molar-refractivity contribution in [1.29, 1.82) is 0 Å². The van der Waals surface area contributed by atoms with Gasteiger partial charge in [0.25, 0.3) is 0 Å². The minimum atomic E-state index is -1.05. The summed E-state index contributed by atoms with van der Waals surface area (Å²) in [6, 6.07) is 1.97. The van der Waals surface area contributed by atoms with Gasteiger partial charge in [-0.2, -0.15) is 5.10 Å². The Kier molecular flexibility index (Phi) is 3.43. The normalized spacial score (nSPS) is 12.7. The predicted molar refractivity (Wildman–Crippen MR) is 81.8 cm³/mol. The molecule has 0 bridgehead atoms. The Morgan fingerprint density at radius 2 is 1.90 bits per heavy atom. The number of anilines is 1. The van der Waals surface area contributed by atoms with E-state index < -0.39 is 11.5 Å². The third kappa shape index (κ3) is 2.57. The van der Waals surface area contributed by atoms with Gasteiger partial charge < -0.3 is 10.0 Å². The molecule has 2 rings (SSSR count). The molecule has 0 saturated carbocycles. The molecule has 1 N–H and O–H groups in total. The van der Waals surface area contributed by atoms with Crippen LogP contribution in [0.25, 0.3) is 5.52 Å². The Bertz CT molecular complexity index is 683. The van der Waals surface area contributed by atoms with Crippen LogP contribution in [0.1, 0.15) is 40.3 Å². The maximum absolute atomic E-state index is 11.4. The van der Waals surface area contributed by atoms with Crippen molar-refractivity contribution in [2.45, 2.75) is 45.6 Å². The van der Waals surface area contributed by atoms with Crippen LogP contribution < -0.4 is 4.90 Å². The molecule has 2 aromatic heterocycles. The van der Waals surface area contributed by atoms with Crippen LogP contribution in [0.3, 0.4) is 0 Å². The summed E-state index contributed by atoms with van der Waals surface area (Å²) >= 11 is 0. The third-order valence-electron chi connectivity index (χ3n) is 3.82. The lowest BCUT2D eigenvalue weighted by Crippen LogP contribution is -2.48. The van der Waals surface area contributed by atoms with E-state index >= 15 is 0 Å². The first-order valence-corrected chi connectivity index (χ1v) is 6.87. The fourth-order valence-corrected chi connectivity index (χ4v) is 1.94. The SMILES string of the molecule is CN(c1nccn2nc(C(C)(C)C)cc12)C(C)(C)C(=O)O. The van der Waals surface area contributed by atoms with Crippen molar-refractivity contribution in [2.24, 2.45) is 0 Å². The summed E-state index contributed by atoms with van der Waals surface area (Å²) in [4.78, 5) is 17.5. The zero-order valence-corrected chi connectivity index (χ0v) is 13.4. The van der Waals surface area contributed by atoms with E-state index in [0.29, 0.717) is 5.82 Å². The number of carboxylic acids is 1. The van der Waals surface area contributed by atoms with Crippen molar-refractivity contribution >= 4 is 17.3 Å². The van der Waals surface area contributed by atoms with Crippen LogP contribution in [0.15, 0.2) is 18.5 Å². The van der Waals surface area contributed by atoms with Gasteiger partial charge in [0.2, 0.25) is 0 Å². The van der Waals surface area contributed by atoms with Crippen LogP contribution in [0.5, 0.6) is 0 Å². The van der Waals surface area contributed by atoms with Crippen LogP contribution in [-0.4, -0.2) is 38.3 Å². The Morgan fingerprint density at radius 3 is 2.43 bits per heavy atom. The van der Waals surface area contributed by atoms with Gasteiger partial charge in [-0.05, 0) is 19.9 Å². The molecule has 2 heterocycles. The highest BCUT2D eigenvalue weighted by Gasteiger charge is 2.34. The van der Waals surface area contributed by atoms with Gasteiger partial charge in [-0.1, -0.05) is 20.8 Å². The van der Waals surface area contributed by atoms with Crippen LogP contribution in [-0.2, 0) is 10.2 Å². The van der Waals surface area contributed by atoms with E-state index in [1.165, 1.54) is 0 Å². The molecule has 0 aromatic carbocycles. The average Bonchev–Trinajstić information content (AvgIpc) is 2.81. The van der Waals surface area contributed by atoms with E-state index in [1.807, 2.05) is 6.07 Å². The van der Waals surface area contributed by atoms with Crippen LogP contribution >= 0.6 is 0 Å². The van der Waals surface area contributed by atoms with E-state index in [4.69, 9.17) is 0 Å². The molecule has 6 heteroatoms. The number of carboxylic acid groups (broad SMARTS) is 1. The van der Waals surface area contributed by atoms with E-state index in [0.717, 1.165) is 11.2 Å². The third-order valence-corrected chi connectivity index (χ3v) is 3.82. The van der Waals surface area contributed by atoms with E-state index in [2.05, 4.69) is 30.9 Å². The second-order valence-corrected chi connectivity index (χ2v) is 6.78. The maximum Gasteiger partial charge on any atom is 0.328 e. The molecule has 114 valence electrons. The van der Waals surface area contributed by atoms with Crippen molar-refractivity contribution in [3.63, 3.8) is 0 Å². The molecule has 0 amide bonds. The van der Waals surface area contributed by atoms with Gasteiger partial charge in [0.1, 0.15) is 11.1 Å². The fraction of sp³-hybridized carbons (Fsp3) is 0.533. The number of aromatic nitrogens is 3. The van der Waals surface area contributed by atoms with Crippen molar-refractivity contribution < 1.29 is 9.90 Å². The van der Waals surface area contributed by atoms with Gasteiger partial charge in [-0.3, -0.25) is 0 Å². The van der Waals surface area contributed by atoms with Crippen molar-refractivity contribution in [3.05, 3.63) is 24.2 Å². The molecule has 21 heavy (non-hydrogen) atoms. The van der Waals surface area contributed by atoms with E-state index in [-0.39, 0.29) is 5.41 Å². The van der Waals surface area contributed by atoms with Gasteiger partial charge in [-0.15, -0.1) is 0 Å². The minimum absolute atomic E-state index is 0.0792. The second-order valence-electron chi connectivity index (χ2n) is 6.78. The van der Waals surface area contributed by atoms with Crippen LogP contribution in [0, 0.1) is 0 Å². The summed E-state index contributed by atoms with van der Waals surface area (Å²) in [7, 11) is 1.74. The smallest absolute Gasteiger partial charge is 0.328 e. The first kappa shape index (κ1) is 15.3. The summed E-state index contributed by atoms with van der Waals surface area (Å²) < 4.78 is 1.75. The molecule has 0 radical (unpaired) electrons. The average molecular weight is 290 g/mol. The molecule has 0 aliphatic rings. The number of likely N-dealkylation sites (N-methyl/N-ethyl adjacent to an activating group) is 1. The molecular weight excluding hydrogens is 268 g/mol.